The summed E-state index contributed by atoms with van der Waals surface area (Å²) < 4.78 is 5.37. The van der Waals surface area contributed by atoms with Crippen LogP contribution in [0.5, 0.6) is 5.88 Å². The highest BCUT2D eigenvalue weighted by Gasteiger charge is 2.09. The van der Waals surface area contributed by atoms with E-state index in [-0.39, 0.29) is 11.3 Å². The van der Waals surface area contributed by atoms with Crippen molar-refractivity contribution in [2.75, 3.05) is 0 Å². The summed E-state index contributed by atoms with van der Waals surface area (Å²) >= 11 is 5.80. The van der Waals surface area contributed by atoms with Gasteiger partial charge in [-0.1, -0.05) is 11.6 Å². The predicted molar refractivity (Wildman–Crippen MR) is 54.5 cm³/mol. The molecule has 0 radical (unpaired) electrons. The van der Waals surface area contributed by atoms with E-state index in [0.717, 1.165) is 5.56 Å². The molecule has 0 aliphatic carbocycles. The van der Waals surface area contributed by atoms with Gasteiger partial charge in [-0.25, -0.2) is 4.98 Å². The second-order valence-electron chi connectivity index (χ2n) is 3.22. The number of aromatic nitrogens is 1. The Kier molecular flexibility index (Phi) is 3.32. The van der Waals surface area contributed by atoms with Gasteiger partial charge in [-0.05, 0) is 26.3 Å². The van der Waals surface area contributed by atoms with Crippen molar-refractivity contribution in [3.63, 3.8) is 0 Å². The van der Waals surface area contributed by atoms with Crippen LogP contribution in [0.3, 0.4) is 0 Å². The van der Waals surface area contributed by atoms with Crippen molar-refractivity contribution in [2.24, 2.45) is 0 Å². The Morgan fingerprint density at radius 1 is 1.57 bits per heavy atom. The van der Waals surface area contributed by atoms with Crippen LogP contribution in [-0.4, -0.2) is 11.1 Å². The van der Waals surface area contributed by atoms with Crippen LogP contribution in [0.4, 0.5) is 0 Å². The van der Waals surface area contributed by atoms with Crippen LogP contribution in [0.1, 0.15) is 25.0 Å². The van der Waals surface area contributed by atoms with E-state index in [2.05, 4.69) is 4.98 Å². The minimum atomic E-state index is 0.0471. The molecular weight excluding hydrogens is 200 g/mol. The number of nitrogens with zero attached hydrogens (tertiary/aromatic N) is 2. The van der Waals surface area contributed by atoms with Crippen molar-refractivity contribution in [3.05, 3.63) is 22.3 Å². The standard InChI is InChI=1S/C10H11ClN2O/c1-6(2)14-9-4-7(3)8(5-12)10(11)13-9/h4,6H,1-3H3. The molecule has 4 heteroatoms. The molecule has 0 fully saturated rings. The quantitative estimate of drug-likeness (QED) is 0.705. The van der Waals surface area contributed by atoms with Crippen molar-refractivity contribution in [2.45, 2.75) is 26.9 Å². The summed E-state index contributed by atoms with van der Waals surface area (Å²) in [6.07, 6.45) is 0.0471. The van der Waals surface area contributed by atoms with E-state index in [4.69, 9.17) is 21.6 Å². The van der Waals surface area contributed by atoms with Crippen LogP contribution < -0.4 is 4.74 Å². The Bertz CT molecular complexity index is 359. The summed E-state index contributed by atoms with van der Waals surface area (Å²) in [4.78, 5) is 3.97. The first-order valence-electron chi connectivity index (χ1n) is 4.28. The minimum absolute atomic E-state index is 0.0471. The molecule has 0 bridgehead atoms. The van der Waals surface area contributed by atoms with Gasteiger partial charge >= 0.3 is 0 Å². The topological polar surface area (TPSA) is 45.9 Å². The van der Waals surface area contributed by atoms with E-state index >= 15 is 0 Å². The van der Waals surface area contributed by atoms with Crippen LogP contribution in [0, 0.1) is 18.3 Å². The van der Waals surface area contributed by atoms with Gasteiger partial charge < -0.3 is 4.74 Å². The molecule has 3 nitrogen and oxygen atoms in total. The lowest BCUT2D eigenvalue weighted by Crippen LogP contribution is -2.07. The van der Waals surface area contributed by atoms with Crippen LogP contribution >= 0.6 is 11.6 Å². The summed E-state index contributed by atoms with van der Waals surface area (Å²) in [6.45, 7) is 5.62. The fraction of sp³-hybridized carbons (Fsp3) is 0.400. The third kappa shape index (κ3) is 2.36. The predicted octanol–water partition coefficient (Wildman–Crippen LogP) is 2.70. The van der Waals surface area contributed by atoms with Gasteiger partial charge in [0.1, 0.15) is 6.07 Å². The molecule has 0 atom stereocenters. The van der Waals surface area contributed by atoms with E-state index in [9.17, 15) is 0 Å². The Morgan fingerprint density at radius 2 is 2.21 bits per heavy atom. The summed E-state index contributed by atoms with van der Waals surface area (Å²) in [5.74, 6) is 0.460. The molecule has 74 valence electrons. The first kappa shape index (κ1) is 10.8. The van der Waals surface area contributed by atoms with Gasteiger partial charge in [0.2, 0.25) is 5.88 Å². The monoisotopic (exact) mass is 210 g/mol. The molecule has 0 aromatic carbocycles. The number of nitriles is 1. The van der Waals surface area contributed by atoms with Crippen LogP contribution in [0.15, 0.2) is 6.07 Å². The maximum absolute atomic E-state index is 8.76. The van der Waals surface area contributed by atoms with Gasteiger partial charge in [0.25, 0.3) is 0 Å². The maximum atomic E-state index is 8.76. The summed E-state index contributed by atoms with van der Waals surface area (Å²) in [5, 5.41) is 8.95. The average Bonchev–Trinajstić information content (AvgIpc) is 2.01. The van der Waals surface area contributed by atoms with Gasteiger partial charge in [0, 0.05) is 6.07 Å². The van der Waals surface area contributed by atoms with Gasteiger partial charge in [0.05, 0.1) is 11.7 Å². The smallest absolute Gasteiger partial charge is 0.215 e. The fourth-order valence-electron chi connectivity index (χ4n) is 1.04. The second-order valence-corrected chi connectivity index (χ2v) is 3.58. The molecule has 0 N–H and O–H groups in total. The molecule has 1 aromatic rings. The lowest BCUT2D eigenvalue weighted by Gasteiger charge is -2.10. The van der Waals surface area contributed by atoms with Crippen molar-refractivity contribution in [3.8, 4) is 11.9 Å². The number of hydrogen-bond donors (Lipinski definition) is 0. The highest BCUT2D eigenvalue weighted by Crippen LogP contribution is 2.22. The van der Waals surface area contributed by atoms with E-state index in [1.807, 2.05) is 19.9 Å². The van der Waals surface area contributed by atoms with Gasteiger partial charge in [0.15, 0.2) is 5.15 Å². The molecule has 1 aromatic heterocycles. The van der Waals surface area contributed by atoms with Crippen molar-refractivity contribution in [1.82, 2.24) is 4.98 Å². The van der Waals surface area contributed by atoms with E-state index in [1.54, 1.807) is 13.0 Å². The van der Waals surface area contributed by atoms with Crippen molar-refractivity contribution < 1.29 is 4.74 Å². The molecule has 1 rings (SSSR count). The molecule has 0 saturated heterocycles. The van der Waals surface area contributed by atoms with E-state index in [0.29, 0.717) is 11.4 Å². The molecule has 0 spiro atoms. The zero-order valence-electron chi connectivity index (χ0n) is 8.34. The number of aryl methyl sites for hydroxylation is 1. The SMILES string of the molecule is Cc1cc(OC(C)C)nc(Cl)c1C#N. The normalized spacial score (nSPS) is 10.0. The van der Waals surface area contributed by atoms with Gasteiger partial charge in [-0.3, -0.25) is 0 Å². The molecular formula is C10H11ClN2O. The summed E-state index contributed by atoms with van der Waals surface area (Å²) in [6, 6.07) is 3.71. The van der Waals surface area contributed by atoms with E-state index < -0.39 is 0 Å². The first-order valence-corrected chi connectivity index (χ1v) is 4.66. The molecule has 1 heterocycles. The van der Waals surface area contributed by atoms with Gasteiger partial charge in [-0.15, -0.1) is 0 Å². The molecule has 14 heavy (non-hydrogen) atoms. The number of pyridine rings is 1. The Hall–Kier alpha value is -1.27. The molecule has 0 aliphatic heterocycles. The zero-order chi connectivity index (χ0) is 10.7. The third-order valence-corrected chi connectivity index (χ3v) is 1.89. The second kappa shape index (κ2) is 4.30. The third-order valence-electron chi connectivity index (χ3n) is 1.62. The number of rotatable bonds is 2. The maximum Gasteiger partial charge on any atom is 0.215 e. The fourth-order valence-corrected chi connectivity index (χ4v) is 1.32. The van der Waals surface area contributed by atoms with Crippen LogP contribution in [0.2, 0.25) is 5.15 Å². The first-order chi connectivity index (χ1) is 6.54. The summed E-state index contributed by atoms with van der Waals surface area (Å²) in [5.41, 5.74) is 1.19. The number of ether oxygens (including phenoxy) is 1. The molecule has 0 amide bonds. The number of halogens is 1. The van der Waals surface area contributed by atoms with Gasteiger partial charge in [-0.2, -0.15) is 5.26 Å². The summed E-state index contributed by atoms with van der Waals surface area (Å²) in [7, 11) is 0. The minimum Gasteiger partial charge on any atom is -0.475 e. The van der Waals surface area contributed by atoms with Crippen LogP contribution in [0.25, 0.3) is 0 Å². The van der Waals surface area contributed by atoms with E-state index in [1.165, 1.54) is 0 Å². The lowest BCUT2D eigenvalue weighted by atomic mass is 10.2. The Balaban J connectivity index is 3.09. The Labute approximate surface area is 88.3 Å². The average molecular weight is 211 g/mol. The van der Waals surface area contributed by atoms with Crippen molar-refractivity contribution in [1.29, 1.82) is 5.26 Å². The molecule has 0 saturated carbocycles. The zero-order valence-corrected chi connectivity index (χ0v) is 9.09. The highest BCUT2D eigenvalue weighted by atomic mass is 35.5. The number of hydrogen-bond acceptors (Lipinski definition) is 3. The van der Waals surface area contributed by atoms with Crippen LogP contribution in [-0.2, 0) is 0 Å². The lowest BCUT2D eigenvalue weighted by molar-refractivity contribution is 0.232. The molecule has 0 aliphatic rings. The molecule has 0 unspecified atom stereocenters. The Morgan fingerprint density at radius 3 is 2.64 bits per heavy atom. The van der Waals surface area contributed by atoms with Crippen molar-refractivity contribution >= 4 is 11.6 Å². The highest BCUT2D eigenvalue weighted by molar-refractivity contribution is 6.30. The largest absolute Gasteiger partial charge is 0.475 e.